The fourth-order valence-electron chi connectivity index (χ4n) is 4.88. The summed E-state index contributed by atoms with van der Waals surface area (Å²) >= 11 is 0. The van der Waals surface area contributed by atoms with Gasteiger partial charge < -0.3 is 15.5 Å². The molecule has 1 amide bonds. The van der Waals surface area contributed by atoms with Crippen molar-refractivity contribution < 1.29 is 4.79 Å². The average molecular weight is 357 g/mol. The van der Waals surface area contributed by atoms with Crippen molar-refractivity contribution in [1.29, 1.82) is 0 Å². The van der Waals surface area contributed by atoms with Gasteiger partial charge in [-0.2, -0.15) is 0 Å². The normalized spacial score (nSPS) is 28.6. The van der Waals surface area contributed by atoms with E-state index in [4.69, 9.17) is 0 Å². The minimum Gasteiger partial charge on any atom is -0.357 e. The van der Waals surface area contributed by atoms with Gasteiger partial charge in [-0.25, -0.2) is 4.98 Å². The van der Waals surface area contributed by atoms with E-state index < -0.39 is 0 Å². The summed E-state index contributed by atoms with van der Waals surface area (Å²) in [5.74, 6) is 1.82. The van der Waals surface area contributed by atoms with Gasteiger partial charge in [0.05, 0.1) is 0 Å². The second-order valence-corrected chi connectivity index (χ2v) is 8.38. The Balaban J connectivity index is 1.23. The molecule has 2 unspecified atom stereocenters. The summed E-state index contributed by atoms with van der Waals surface area (Å²) in [6, 6.07) is 5.53. The molecule has 5 nitrogen and oxygen atoms in total. The van der Waals surface area contributed by atoms with Crippen LogP contribution in [0.15, 0.2) is 18.3 Å². The van der Waals surface area contributed by atoms with Crippen LogP contribution in [0, 0.1) is 5.92 Å². The van der Waals surface area contributed by atoms with E-state index in [0.717, 1.165) is 37.3 Å². The Kier molecular flexibility index (Phi) is 5.73. The molecule has 3 aliphatic rings. The standard InChI is InChI=1S/C21H32N4O/c26-21(13-17-11-18-6-7-19(12-17)24-18)23-15-16-5-8-20(22-14-16)25-9-3-1-2-4-10-25/h5,8,14,17-19,24H,1-4,6-7,9-13,15H2,(H,23,26). The zero-order valence-electron chi connectivity index (χ0n) is 15.8. The molecule has 2 N–H and O–H groups in total. The number of anilines is 1. The number of amides is 1. The number of carbonyl (C=O) groups excluding carboxylic acids is 1. The highest BCUT2D eigenvalue weighted by Crippen LogP contribution is 2.32. The number of pyridine rings is 1. The molecule has 26 heavy (non-hydrogen) atoms. The average Bonchev–Trinajstić information content (AvgIpc) is 2.86. The molecule has 2 bridgehead atoms. The maximum atomic E-state index is 12.3. The highest BCUT2D eigenvalue weighted by atomic mass is 16.1. The van der Waals surface area contributed by atoms with Crippen molar-refractivity contribution in [3.05, 3.63) is 23.9 Å². The van der Waals surface area contributed by atoms with Crippen LogP contribution in [0.1, 0.15) is 63.4 Å². The molecule has 3 aliphatic heterocycles. The number of rotatable bonds is 5. The van der Waals surface area contributed by atoms with E-state index in [-0.39, 0.29) is 5.91 Å². The van der Waals surface area contributed by atoms with E-state index in [9.17, 15) is 4.79 Å². The molecule has 3 saturated heterocycles. The number of nitrogens with zero attached hydrogens (tertiary/aromatic N) is 2. The zero-order valence-corrected chi connectivity index (χ0v) is 15.8. The molecule has 3 fully saturated rings. The molecule has 1 aromatic heterocycles. The van der Waals surface area contributed by atoms with Gasteiger partial charge in [0.25, 0.3) is 0 Å². The third kappa shape index (κ3) is 4.56. The lowest BCUT2D eigenvalue weighted by atomic mass is 9.89. The summed E-state index contributed by atoms with van der Waals surface area (Å²) < 4.78 is 0. The molecular formula is C21H32N4O. The van der Waals surface area contributed by atoms with Gasteiger partial charge in [-0.1, -0.05) is 18.9 Å². The van der Waals surface area contributed by atoms with Gasteiger partial charge in [0.1, 0.15) is 5.82 Å². The Bertz CT molecular complexity index is 583. The summed E-state index contributed by atoms with van der Waals surface area (Å²) in [5, 5.41) is 6.74. The second-order valence-electron chi connectivity index (χ2n) is 8.38. The maximum absolute atomic E-state index is 12.3. The van der Waals surface area contributed by atoms with E-state index >= 15 is 0 Å². The number of nitrogens with one attached hydrogen (secondary N) is 2. The minimum atomic E-state index is 0.188. The van der Waals surface area contributed by atoms with Crippen LogP contribution in [0.2, 0.25) is 0 Å². The van der Waals surface area contributed by atoms with Crippen molar-refractivity contribution in [2.24, 2.45) is 5.92 Å². The fraction of sp³-hybridized carbons (Fsp3) is 0.714. The SMILES string of the molecule is O=C(CC1CC2CCC(C1)N2)NCc1ccc(N2CCCCCC2)nc1. The van der Waals surface area contributed by atoms with Crippen molar-refractivity contribution in [3.63, 3.8) is 0 Å². The number of fused-ring (bicyclic) bond motifs is 2. The lowest BCUT2D eigenvalue weighted by molar-refractivity contribution is -0.122. The van der Waals surface area contributed by atoms with Crippen LogP contribution in [-0.4, -0.2) is 36.1 Å². The molecule has 1 aromatic rings. The third-order valence-electron chi connectivity index (χ3n) is 6.27. The first kappa shape index (κ1) is 17.8. The monoisotopic (exact) mass is 356 g/mol. The van der Waals surface area contributed by atoms with Crippen molar-refractivity contribution in [1.82, 2.24) is 15.6 Å². The summed E-state index contributed by atoms with van der Waals surface area (Å²) in [5.41, 5.74) is 1.09. The van der Waals surface area contributed by atoms with E-state index in [2.05, 4.69) is 32.7 Å². The molecule has 2 atom stereocenters. The zero-order chi connectivity index (χ0) is 17.8. The number of aromatic nitrogens is 1. The molecule has 4 rings (SSSR count). The smallest absolute Gasteiger partial charge is 0.220 e. The highest BCUT2D eigenvalue weighted by Gasteiger charge is 2.34. The Morgan fingerprint density at radius 3 is 2.50 bits per heavy atom. The molecule has 0 aliphatic carbocycles. The first-order valence-electron chi connectivity index (χ1n) is 10.5. The van der Waals surface area contributed by atoms with Gasteiger partial charge in [-0.15, -0.1) is 0 Å². The lowest BCUT2D eigenvalue weighted by Gasteiger charge is -2.28. The predicted octanol–water partition coefficient (Wildman–Crippen LogP) is 3.00. The Hall–Kier alpha value is -1.62. The van der Waals surface area contributed by atoms with E-state index in [1.165, 1.54) is 38.5 Å². The Morgan fingerprint density at radius 1 is 1.12 bits per heavy atom. The molecule has 0 spiro atoms. The van der Waals surface area contributed by atoms with Crippen LogP contribution in [0.25, 0.3) is 0 Å². The topological polar surface area (TPSA) is 57.3 Å². The molecular weight excluding hydrogens is 324 g/mol. The minimum absolute atomic E-state index is 0.188. The van der Waals surface area contributed by atoms with E-state index in [0.29, 0.717) is 31.0 Å². The first-order valence-corrected chi connectivity index (χ1v) is 10.5. The number of hydrogen-bond donors (Lipinski definition) is 2. The van der Waals surface area contributed by atoms with Gasteiger partial charge in [-0.05, 0) is 56.1 Å². The van der Waals surface area contributed by atoms with E-state index in [1.807, 2.05) is 6.20 Å². The maximum Gasteiger partial charge on any atom is 0.220 e. The number of hydrogen-bond acceptors (Lipinski definition) is 4. The van der Waals surface area contributed by atoms with Gasteiger partial charge >= 0.3 is 0 Å². The second kappa shape index (κ2) is 8.38. The van der Waals surface area contributed by atoms with Gasteiger partial charge in [0, 0.05) is 44.3 Å². The molecule has 5 heteroatoms. The van der Waals surface area contributed by atoms with Crippen molar-refractivity contribution in [2.45, 2.75) is 76.4 Å². The molecule has 0 aromatic carbocycles. The number of carbonyl (C=O) groups is 1. The number of piperidine rings is 1. The van der Waals surface area contributed by atoms with Crippen LogP contribution < -0.4 is 15.5 Å². The Morgan fingerprint density at radius 2 is 1.85 bits per heavy atom. The van der Waals surface area contributed by atoms with Gasteiger partial charge in [0.15, 0.2) is 0 Å². The largest absolute Gasteiger partial charge is 0.357 e. The molecule has 0 saturated carbocycles. The van der Waals surface area contributed by atoms with Crippen LogP contribution in [0.4, 0.5) is 5.82 Å². The van der Waals surface area contributed by atoms with E-state index in [1.54, 1.807) is 0 Å². The first-order chi connectivity index (χ1) is 12.8. The van der Waals surface area contributed by atoms with Crippen LogP contribution in [0.5, 0.6) is 0 Å². The molecule has 142 valence electrons. The summed E-state index contributed by atoms with van der Waals surface area (Å²) in [7, 11) is 0. The highest BCUT2D eigenvalue weighted by molar-refractivity contribution is 5.76. The summed E-state index contributed by atoms with van der Waals surface area (Å²) in [6.45, 7) is 2.81. The van der Waals surface area contributed by atoms with Crippen molar-refractivity contribution in [3.8, 4) is 0 Å². The van der Waals surface area contributed by atoms with Crippen molar-refractivity contribution >= 4 is 11.7 Å². The summed E-state index contributed by atoms with van der Waals surface area (Å²) in [4.78, 5) is 19.3. The third-order valence-corrected chi connectivity index (χ3v) is 6.27. The lowest BCUT2D eigenvalue weighted by Crippen LogP contribution is -2.39. The van der Waals surface area contributed by atoms with Gasteiger partial charge in [0.2, 0.25) is 5.91 Å². The molecule has 4 heterocycles. The predicted molar refractivity (Wildman–Crippen MR) is 104 cm³/mol. The quantitative estimate of drug-likeness (QED) is 0.851. The summed E-state index contributed by atoms with van der Waals surface area (Å²) in [6.07, 6.45) is 12.7. The van der Waals surface area contributed by atoms with Crippen LogP contribution in [-0.2, 0) is 11.3 Å². The van der Waals surface area contributed by atoms with Crippen LogP contribution in [0.3, 0.4) is 0 Å². The van der Waals surface area contributed by atoms with Gasteiger partial charge in [-0.3, -0.25) is 4.79 Å². The fourth-order valence-corrected chi connectivity index (χ4v) is 4.88. The van der Waals surface area contributed by atoms with Crippen molar-refractivity contribution in [2.75, 3.05) is 18.0 Å². The van der Waals surface area contributed by atoms with Crippen LogP contribution >= 0.6 is 0 Å². The molecule has 0 radical (unpaired) electrons. The Labute approximate surface area is 156 Å².